The zero-order valence-corrected chi connectivity index (χ0v) is 10.7. The molecule has 18 heavy (non-hydrogen) atoms. The number of rotatable bonds is 1. The Balaban J connectivity index is 2.56. The average Bonchev–Trinajstić information content (AvgIpc) is 2.11. The number of nitrogens with one attached hydrogen (secondary N) is 1. The average molecular weight is 248 g/mol. The lowest BCUT2D eigenvalue weighted by molar-refractivity contribution is -0.116. The van der Waals surface area contributed by atoms with Crippen molar-refractivity contribution in [2.24, 2.45) is 5.41 Å². The number of carbonyl (C=O) groups excluding carboxylic acids is 1. The number of aliphatic hydroxyl groups is 1. The third-order valence-corrected chi connectivity index (χ3v) is 2.96. The van der Waals surface area contributed by atoms with Crippen LogP contribution in [0.1, 0.15) is 38.2 Å². The SMILES string of the molecule is Cc1cc(=O)[nH]c(C2=C(O)CC(C)(C)CC2=O)n1. The molecule has 1 aliphatic rings. The second-order valence-electron chi connectivity index (χ2n) is 5.50. The van der Waals surface area contributed by atoms with Gasteiger partial charge >= 0.3 is 0 Å². The number of ketones is 1. The monoisotopic (exact) mass is 248 g/mol. The number of hydrogen-bond donors (Lipinski definition) is 2. The van der Waals surface area contributed by atoms with Crippen LogP contribution in [0.4, 0.5) is 0 Å². The highest BCUT2D eigenvalue weighted by molar-refractivity contribution is 6.21. The number of aromatic amines is 1. The molecule has 5 heteroatoms. The summed E-state index contributed by atoms with van der Waals surface area (Å²) in [5.41, 5.74) is 0.0895. The van der Waals surface area contributed by atoms with Crippen molar-refractivity contribution in [1.82, 2.24) is 9.97 Å². The summed E-state index contributed by atoms with van der Waals surface area (Å²) in [4.78, 5) is 30.1. The Bertz CT molecular complexity index is 596. The maximum Gasteiger partial charge on any atom is 0.251 e. The van der Waals surface area contributed by atoms with Crippen molar-refractivity contribution in [3.05, 3.63) is 33.7 Å². The number of aromatic nitrogens is 2. The topological polar surface area (TPSA) is 83.0 Å². The Labute approximate surface area is 105 Å². The molecule has 2 N–H and O–H groups in total. The van der Waals surface area contributed by atoms with E-state index in [0.717, 1.165) is 0 Å². The fourth-order valence-corrected chi connectivity index (χ4v) is 2.25. The molecule has 5 nitrogen and oxygen atoms in total. The van der Waals surface area contributed by atoms with Gasteiger partial charge in [-0.2, -0.15) is 0 Å². The Morgan fingerprint density at radius 3 is 2.56 bits per heavy atom. The van der Waals surface area contributed by atoms with Gasteiger partial charge in [-0.05, 0) is 12.3 Å². The summed E-state index contributed by atoms with van der Waals surface area (Å²) in [6, 6.07) is 1.35. The van der Waals surface area contributed by atoms with Crippen LogP contribution in [0.2, 0.25) is 0 Å². The molecule has 0 aromatic carbocycles. The van der Waals surface area contributed by atoms with E-state index >= 15 is 0 Å². The minimum absolute atomic E-state index is 0.00463. The van der Waals surface area contributed by atoms with Crippen LogP contribution in [0.15, 0.2) is 16.6 Å². The van der Waals surface area contributed by atoms with Gasteiger partial charge < -0.3 is 10.1 Å². The highest BCUT2D eigenvalue weighted by Gasteiger charge is 2.34. The molecule has 0 aliphatic heterocycles. The van der Waals surface area contributed by atoms with Gasteiger partial charge in [0.1, 0.15) is 11.6 Å². The third-order valence-electron chi connectivity index (χ3n) is 2.96. The van der Waals surface area contributed by atoms with E-state index in [2.05, 4.69) is 9.97 Å². The molecular weight excluding hydrogens is 232 g/mol. The molecule has 0 unspecified atom stereocenters. The van der Waals surface area contributed by atoms with Crippen molar-refractivity contribution in [1.29, 1.82) is 0 Å². The van der Waals surface area contributed by atoms with Crippen LogP contribution in [0.5, 0.6) is 0 Å². The quantitative estimate of drug-likeness (QED) is 0.793. The molecule has 0 spiro atoms. The lowest BCUT2D eigenvalue weighted by Crippen LogP contribution is -2.27. The zero-order chi connectivity index (χ0) is 13.5. The predicted octanol–water partition coefficient (Wildman–Crippen LogP) is 1.74. The number of hydrogen-bond acceptors (Lipinski definition) is 4. The summed E-state index contributed by atoms with van der Waals surface area (Å²) in [6.45, 7) is 5.52. The second kappa shape index (κ2) is 4.08. The molecule has 2 rings (SSSR count). The van der Waals surface area contributed by atoms with E-state index in [1.807, 2.05) is 13.8 Å². The number of nitrogens with zero attached hydrogens (tertiary/aromatic N) is 1. The first-order valence-corrected chi connectivity index (χ1v) is 5.82. The summed E-state index contributed by atoms with van der Waals surface area (Å²) in [5, 5.41) is 10.0. The van der Waals surface area contributed by atoms with E-state index in [-0.39, 0.29) is 33.9 Å². The molecule has 1 aromatic heterocycles. The maximum absolute atomic E-state index is 12.1. The summed E-state index contributed by atoms with van der Waals surface area (Å²) in [6.07, 6.45) is 0.746. The minimum atomic E-state index is -0.324. The number of carbonyl (C=O) groups is 1. The van der Waals surface area contributed by atoms with Gasteiger partial charge in [0.05, 0.1) is 5.57 Å². The molecule has 0 saturated heterocycles. The van der Waals surface area contributed by atoms with Crippen LogP contribution in [-0.4, -0.2) is 20.9 Å². The summed E-state index contributed by atoms with van der Waals surface area (Å²) >= 11 is 0. The van der Waals surface area contributed by atoms with Crippen molar-refractivity contribution in [2.45, 2.75) is 33.6 Å². The van der Waals surface area contributed by atoms with E-state index in [9.17, 15) is 14.7 Å². The van der Waals surface area contributed by atoms with Crippen LogP contribution in [-0.2, 0) is 4.79 Å². The lowest BCUT2D eigenvalue weighted by Gasteiger charge is -2.29. The van der Waals surface area contributed by atoms with Crippen molar-refractivity contribution in [3.63, 3.8) is 0 Å². The first kappa shape index (κ1) is 12.5. The molecule has 1 heterocycles. The van der Waals surface area contributed by atoms with E-state index in [0.29, 0.717) is 18.5 Å². The molecular formula is C13H16N2O3. The van der Waals surface area contributed by atoms with E-state index in [1.54, 1.807) is 6.92 Å². The summed E-state index contributed by atoms with van der Waals surface area (Å²) in [7, 11) is 0. The highest BCUT2D eigenvalue weighted by atomic mass is 16.3. The van der Waals surface area contributed by atoms with Crippen molar-refractivity contribution >= 4 is 11.4 Å². The second-order valence-corrected chi connectivity index (χ2v) is 5.50. The highest BCUT2D eigenvalue weighted by Crippen LogP contribution is 2.38. The Morgan fingerprint density at radius 1 is 1.33 bits per heavy atom. The number of aryl methyl sites for hydroxylation is 1. The standard InChI is InChI=1S/C13H16N2O3/c1-7-4-10(18)15-12(14-7)11-8(16)5-13(2,3)6-9(11)17/h4,16H,5-6H2,1-3H3,(H,14,15,18). The number of Topliss-reactive ketones (excluding diaryl/α,β-unsaturated/α-hetero) is 1. The van der Waals surface area contributed by atoms with Gasteiger partial charge in [0.25, 0.3) is 5.56 Å². The smallest absolute Gasteiger partial charge is 0.251 e. The Morgan fingerprint density at radius 2 is 2.00 bits per heavy atom. The van der Waals surface area contributed by atoms with Gasteiger partial charge in [-0.25, -0.2) is 4.98 Å². The summed E-state index contributed by atoms with van der Waals surface area (Å²) in [5.74, 6) is -0.0134. The van der Waals surface area contributed by atoms with Gasteiger partial charge in [-0.3, -0.25) is 9.59 Å². The van der Waals surface area contributed by atoms with Crippen LogP contribution < -0.4 is 5.56 Å². The fourth-order valence-electron chi connectivity index (χ4n) is 2.25. The first-order valence-electron chi connectivity index (χ1n) is 5.82. The molecule has 0 fully saturated rings. The van der Waals surface area contributed by atoms with E-state index in [1.165, 1.54) is 6.07 Å². The number of H-pyrrole nitrogens is 1. The van der Waals surface area contributed by atoms with Gasteiger partial charge in [-0.15, -0.1) is 0 Å². The van der Waals surface area contributed by atoms with Crippen LogP contribution in [0, 0.1) is 12.3 Å². The molecule has 0 radical (unpaired) electrons. The maximum atomic E-state index is 12.1. The van der Waals surface area contributed by atoms with Crippen LogP contribution >= 0.6 is 0 Å². The summed E-state index contributed by atoms with van der Waals surface area (Å²) < 4.78 is 0. The molecule has 0 bridgehead atoms. The molecule has 1 aromatic rings. The van der Waals surface area contributed by atoms with Gasteiger partial charge in [-0.1, -0.05) is 13.8 Å². The Kier molecular flexibility index (Phi) is 2.84. The van der Waals surface area contributed by atoms with Crippen LogP contribution in [0.3, 0.4) is 0 Å². The van der Waals surface area contributed by atoms with Crippen LogP contribution in [0.25, 0.3) is 5.57 Å². The Hall–Kier alpha value is -1.91. The van der Waals surface area contributed by atoms with Crippen molar-refractivity contribution in [2.75, 3.05) is 0 Å². The fraction of sp³-hybridized carbons (Fsp3) is 0.462. The van der Waals surface area contributed by atoms with Gasteiger partial charge in [0.15, 0.2) is 5.78 Å². The van der Waals surface area contributed by atoms with E-state index < -0.39 is 0 Å². The number of aliphatic hydroxyl groups excluding tert-OH is 1. The molecule has 1 aliphatic carbocycles. The largest absolute Gasteiger partial charge is 0.511 e. The molecule has 96 valence electrons. The lowest BCUT2D eigenvalue weighted by atomic mass is 9.76. The van der Waals surface area contributed by atoms with Gasteiger partial charge in [0.2, 0.25) is 0 Å². The van der Waals surface area contributed by atoms with Gasteiger partial charge in [0, 0.05) is 24.6 Å². The predicted molar refractivity (Wildman–Crippen MR) is 67.2 cm³/mol. The third kappa shape index (κ3) is 2.34. The van der Waals surface area contributed by atoms with Crippen molar-refractivity contribution < 1.29 is 9.90 Å². The number of allylic oxidation sites excluding steroid dienone is 2. The molecule has 0 amide bonds. The normalized spacial score (nSPS) is 19.2. The van der Waals surface area contributed by atoms with E-state index in [4.69, 9.17) is 0 Å². The van der Waals surface area contributed by atoms with Crippen molar-refractivity contribution in [3.8, 4) is 0 Å². The zero-order valence-electron chi connectivity index (χ0n) is 10.7. The first-order chi connectivity index (χ1) is 8.28. The molecule has 0 atom stereocenters. The minimum Gasteiger partial charge on any atom is -0.511 e. The molecule has 0 saturated carbocycles.